The minimum atomic E-state index is 0.123. The Kier molecular flexibility index (Phi) is 2.85. The zero-order chi connectivity index (χ0) is 12.8. The fraction of sp³-hybridized carbons (Fsp3) is 0.500. The van der Waals surface area contributed by atoms with E-state index in [1.807, 2.05) is 0 Å². The lowest BCUT2D eigenvalue weighted by molar-refractivity contribution is 0.365. The minimum Gasteiger partial charge on any atom is -0.369 e. The predicted octanol–water partition coefficient (Wildman–Crippen LogP) is 3.14. The van der Waals surface area contributed by atoms with E-state index in [4.69, 9.17) is 5.73 Å². The van der Waals surface area contributed by atoms with Crippen LogP contribution < -0.4 is 10.6 Å². The Labute approximate surface area is 116 Å². The molecule has 1 aromatic rings. The zero-order valence-electron chi connectivity index (χ0n) is 10.6. The standard InChI is InChI=1S/C14H18BrN3/c1-10-3-2-8-14(10)9-17-13(16)18(14)12-6-4-11(15)5-7-12/h4-7,10H,2-3,8-9H2,1H3,(H2,16,17). The average Bonchev–Trinajstić information content (AvgIpc) is 2.88. The third-order valence-electron chi connectivity index (χ3n) is 4.44. The molecular weight excluding hydrogens is 290 g/mol. The van der Waals surface area contributed by atoms with Gasteiger partial charge in [-0.15, -0.1) is 0 Å². The van der Waals surface area contributed by atoms with E-state index in [-0.39, 0.29) is 5.54 Å². The summed E-state index contributed by atoms with van der Waals surface area (Å²) in [5.74, 6) is 1.32. The number of halogens is 1. The molecule has 4 heteroatoms. The van der Waals surface area contributed by atoms with Crippen LogP contribution in [0.15, 0.2) is 33.7 Å². The first kappa shape index (κ1) is 12.0. The fourth-order valence-electron chi connectivity index (χ4n) is 3.36. The van der Waals surface area contributed by atoms with Gasteiger partial charge in [-0.3, -0.25) is 4.99 Å². The number of nitrogens with two attached hydrogens (primary N) is 1. The summed E-state index contributed by atoms with van der Waals surface area (Å²) in [7, 11) is 0. The molecule has 0 bridgehead atoms. The molecule has 3 rings (SSSR count). The number of hydrogen-bond donors (Lipinski definition) is 1. The first-order valence-electron chi connectivity index (χ1n) is 6.49. The fourth-order valence-corrected chi connectivity index (χ4v) is 3.63. The average molecular weight is 308 g/mol. The van der Waals surface area contributed by atoms with Gasteiger partial charge in [0, 0.05) is 10.2 Å². The van der Waals surface area contributed by atoms with Crippen molar-refractivity contribution in [2.24, 2.45) is 16.6 Å². The number of guanidine groups is 1. The monoisotopic (exact) mass is 307 g/mol. The molecule has 18 heavy (non-hydrogen) atoms. The molecule has 0 amide bonds. The lowest BCUT2D eigenvalue weighted by Gasteiger charge is -2.39. The summed E-state index contributed by atoms with van der Waals surface area (Å²) >= 11 is 3.48. The lowest BCUT2D eigenvalue weighted by Crippen LogP contribution is -2.53. The van der Waals surface area contributed by atoms with Gasteiger partial charge in [0.15, 0.2) is 5.96 Å². The Bertz CT molecular complexity index is 482. The molecule has 1 spiro atoms. The van der Waals surface area contributed by atoms with Gasteiger partial charge in [0.05, 0.1) is 12.1 Å². The Morgan fingerprint density at radius 1 is 1.39 bits per heavy atom. The minimum absolute atomic E-state index is 0.123. The third-order valence-corrected chi connectivity index (χ3v) is 4.97. The highest BCUT2D eigenvalue weighted by Crippen LogP contribution is 2.45. The molecule has 96 valence electrons. The maximum absolute atomic E-state index is 6.13. The van der Waals surface area contributed by atoms with Gasteiger partial charge in [0.25, 0.3) is 0 Å². The molecule has 2 N–H and O–H groups in total. The van der Waals surface area contributed by atoms with Gasteiger partial charge in [-0.1, -0.05) is 29.3 Å². The van der Waals surface area contributed by atoms with E-state index in [1.165, 1.54) is 19.3 Å². The highest BCUT2D eigenvalue weighted by Gasteiger charge is 2.49. The second kappa shape index (κ2) is 4.26. The van der Waals surface area contributed by atoms with Crippen LogP contribution >= 0.6 is 15.9 Å². The molecule has 2 aliphatic rings. The van der Waals surface area contributed by atoms with Crippen molar-refractivity contribution >= 4 is 27.6 Å². The molecule has 0 radical (unpaired) electrons. The zero-order valence-corrected chi connectivity index (χ0v) is 12.2. The summed E-state index contributed by atoms with van der Waals surface area (Å²) in [6.45, 7) is 3.17. The Balaban J connectivity index is 2.02. The second-order valence-electron chi connectivity index (χ2n) is 5.38. The normalized spacial score (nSPS) is 31.1. The van der Waals surface area contributed by atoms with Crippen LogP contribution in [0.25, 0.3) is 0 Å². The summed E-state index contributed by atoms with van der Waals surface area (Å²) in [5.41, 5.74) is 7.41. The van der Waals surface area contributed by atoms with Gasteiger partial charge in [-0.2, -0.15) is 0 Å². The maximum atomic E-state index is 6.13. The number of rotatable bonds is 1. The summed E-state index contributed by atoms with van der Waals surface area (Å²) in [6.07, 6.45) is 3.74. The summed E-state index contributed by atoms with van der Waals surface area (Å²) < 4.78 is 1.09. The number of benzene rings is 1. The van der Waals surface area contributed by atoms with E-state index in [9.17, 15) is 0 Å². The predicted molar refractivity (Wildman–Crippen MR) is 78.9 cm³/mol. The molecule has 2 atom stereocenters. The van der Waals surface area contributed by atoms with E-state index in [1.54, 1.807) is 0 Å². The van der Waals surface area contributed by atoms with Crippen molar-refractivity contribution in [3.63, 3.8) is 0 Å². The van der Waals surface area contributed by atoms with E-state index in [0.717, 1.165) is 16.7 Å². The molecule has 1 fully saturated rings. The molecule has 1 saturated carbocycles. The van der Waals surface area contributed by atoms with Gasteiger partial charge in [-0.05, 0) is 43.0 Å². The van der Waals surface area contributed by atoms with Crippen molar-refractivity contribution in [3.8, 4) is 0 Å². The maximum Gasteiger partial charge on any atom is 0.196 e. The van der Waals surface area contributed by atoms with Gasteiger partial charge < -0.3 is 10.6 Å². The van der Waals surface area contributed by atoms with Gasteiger partial charge in [-0.25, -0.2) is 0 Å². The molecule has 1 heterocycles. The molecular formula is C14H18BrN3. The third kappa shape index (κ3) is 1.66. The van der Waals surface area contributed by atoms with Crippen molar-refractivity contribution in [1.29, 1.82) is 0 Å². The Hall–Kier alpha value is -1.03. The van der Waals surface area contributed by atoms with Crippen molar-refractivity contribution in [2.45, 2.75) is 31.7 Å². The first-order valence-corrected chi connectivity index (χ1v) is 7.28. The molecule has 0 saturated heterocycles. The largest absolute Gasteiger partial charge is 0.369 e. The van der Waals surface area contributed by atoms with Crippen molar-refractivity contribution in [1.82, 2.24) is 0 Å². The first-order chi connectivity index (χ1) is 8.63. The summed E-state index contributed by atoms with van der Waals surface area (Å²) in [5, 5.41) is 0. The van der Waals surface area contributed by atoms with Crippen LogP contribution in [0.4, 0.5) is 5.69 Å². The van der Waals surface area contributed by atoms with Crippen LogP contribution in [-0.4, -0.2) is 18.0 Å². The molecule has 0 aromatic heterocycles. The number of aliphatic imine (C=N–C) groups is 1. The van der Waals surface area contributed by atoms with E-state index < -0.39 is 0 Å². The quantitative estimate of drug-likeness (QED) is 0.866. The van der Waals surface area contributed by atoms with Crippen molar-refractivity contribution in [3.05, 3.63) is 28.7 Å². The van der Waals surface area contributed by atoms with E-state index in [2.05, 4.69) is 57.0 Å². The number of hydrogen-bond acceptors (Lipinski definition) is 3. The highest BCUT2D eigenvalue weighted by atomic mass is 79.9. The molecule has 1 aliphatic carbocycles. The van der Waals surface area contributed by atoms with Crippen LogP contribution in [0.3, 0.4) is 0 Å². The molecule has 3 nitrogen and oxygen atoms in total. The number of anilines is 1. The second-order valence-corrected chi connectivity index (χ2v) is 6.30. The topological polar surface area (TPSA) is 41.6 Å². The van der Waals surface area contributed by atoms with E-state index in [0.29, 0.717) is 11.9 Å². The van der Waals surface area contributed by atoms with Crippen LogP contribution in [0.1, 0.15) is 26.2 Å². The summed E-state index contributed by atoms with van der Waals surface area (Å²) in [6, 6.07) is 8.36. The van der Waals surface area contributed by atoms with Crippen molar-refractivity contribution < 1.29 is 0 Å². The molecule has 1 aliphatic heterocycles. The van der Waals surface area contributed by atoms with E-state index >= 15 is 0 Å². The van der Waals surface area contributed by atoms with Crippen LogP contribution in [0.5, 0.6) is 0 Å². The van der Waals surface area contributed by atoms with Gasteiger partial charge in [0.2, 0.25) is 0 Å². The van der Waals surface area contributed by atoms with Crippen LogP contribution in [-0.2, 0) is 0 Å². The summed E-state index contributed by atoms with van der Waals surface area (Å²) in [4.78, 5) is 6.77. The molecule has 2 unspecified atom stereocenters. The Morgan fingerprint density at radius 2 is 2.11 bits per heavy atom. The van der Waals surface area contributed by atoms with Gasteiger partial charge in [0.1, 0.15) is 0 Å². The highest BCUT2D eigenvalue weighted by molar-refractivity contribution is 9.10. The van der Waals surface area contributed by atoms with Crippen LogP contribution in [0.2, 0.25) is 0 Å². The Morgan fingerprint density at radius 3 is 2.72 bits per heavy atom. The lowest BCUT2D eigenvalue weighted by atomic mass is 9.87. The number of nitrogens with zero attached hydrogens (tertiary/aromatic N) is 2. The van der Waals surface area contributed by atoms with Gasteiger partial charge >= 0.3 is 0 Å². The molecule has 1 aromatic carbocycles. The smallest absolute Gasteiger partial charge is 0.196 e. The van der Waals surface area contributed by atoms with Crippen LogP contribution in [0, 0.1) is 5.92 Å². The SMILES string of the molecule is CC1CCCC12CN=C(N)N2c1ccc(Br)cc1. The van der Waals surface area contributed by atoms with Crippen molar-refractivity contribution in [2.75, 3.05) is 11.4 Å².